The van der Waals surface area contributed by atoms with Crippen LogP contribution in [0.15, 0.2) is 24.3 Å². The number of nitrogens with zero attached hydrogens (tertiary/aromatic N) is 1. The number of hydrogen-bond acceptors (Lipinski definition) is 3. The van der Waals surface area contributed by atoms with E-state index in [1.54, 1.807) is 31.4 Å². The van der Waals surface area contributed by atoms with Gasteiger partial charge in [0.1, 0.15) is 18.3 Å². The summed E-state index contributed by atoms with van der Waals surface area (Å²) in [5.74, 6) is 0.506. The van der Waals surface area contributed by atoms with E-state index in [0.717, 1.165) is 0 Å². The number of methoxy groups -OCH3 is 1. The van der Waals surface area contributed by atoms with Crippen molar-refractivity contribution < 1.29 is 14.3 Å². The van der Waals surface area contributed by atoms with Gasteiger partial charge >= 0.3 is 0 Å². The molecule has 1 unspecified atom stereocenters. The maximum atomic E-state index is 12.4. The maximum Gasteiger partial charge on any atom is 0.250 e. The van der Waals surface area contributed by atoms with Crippen LogP contribution in [0.5, 0.6) is 5.75 Å². The van der Waals surface area contributed by atoms with Gasteiger partial charge in [-0.15, -0.1) is 0 Å². The van der Waals surface area contributed by atoms with Crippen molar-refractivity contribution in [3.8, 4) is 5.75 Å². The Bertz CT molecular complexity index is 499. The Morgan fingerprint density at radius 3 is 2.74 bits per heavy atom. The molecule has 19 heavy (non-hydrogen) atoms. The van der Waals surface area contributed by atoms with Gasteiger partial charge in [-0.3, -0.25) is 9.59 Å². The van der Waals surface area contributed by atoms with Crippen molar-refractivity contribution in [2.45, 2.75) is 19.9 Å². The van der Waals surface area contributed by atoms with Crippen molar-refractivity contribution in [3.05, 3.63) is 24.3 Å². The molecule has 1 saturated heterocycles. The van der Waals surface area contributed by atoms with Crippen LogP contribution < -0.4 is 15.0 Å². The number of hydrogen-bond donors (Lipinski definition) is 1. The van der Waals surface area contributed by atoms with Crippen LogP contribution in [0, 0.1) is 5.92 Å². The van der Waals surface area contributed by atoms with Gasteiger partial charge in [0.15, 0.2) is 0 Å². The minimum Gasteiger partial charge on any atom is -0.497 e. The average Bonchev–Trinajstić information content (AvgIpc) is 2.40. The topological polar surface area (TPSA) is 58.6 Å². The second kappa shape index (κ2) is 5.30. The molecule has 0 aliphatic carbocycles. The number of amides is 2. The van der Waals surface area contributed by atoms with Gasteiger partial charge in [-0.05, 0) is 18.1 Å². The molecule has 1 fully saturated rings. The van der Waals surface area contributed by atoms with E-state index in [1.807, 2.05) is 13.8 Å². The monoisotopic (exact) mass is 262 g/mol. The third kappa shape index (κ3) is 2.70. The Hall–Kier alpha value is -2.04. The van der Waals surface area contributed by atoms with E-state index in [1.165, 1.54) is 4.90 Å². The lowest BCUT2D eigenvalue weighted by Gasteiger charge is -2.34. The van der Waals surface area contributed by atoms with Gasteiger partial charge in [0.2, 0.25) is 11.8 Å². The quantitative estimate of drug-likeness (QED) is 0.890. The summed E-state index contributed by atoms with van der Waals surface area (Å²) >= 11 is 0. The fourth-order valence-electron chi connectivity index (χ4n) is 2.12. The zero-order chi connectivity index (χ0) is 14.0. The van der Waals surface area contributed by atoms with Gasteiger partial charge in [0.25, 0.3) is 0 Å². The molecule has 5 heteroatoms. The first-order valence-electron chi connectivity index (χ1n) is 6.27. The molecule has 1 heterocycles. The summed E-state index contributed by atoms with van der Waals surface area (Å²) in [5.41, 5.74) is 0.685. The Morgan fingerprint density at radius 2 is 2.11 bits per heavy atom. The Kier molecular flexibility index (Phi) is 3.74. The summed E-state index contributed by atoms with van der Waals surface area (Å²) in [6, 6.07) is 6.70. The smallest absolute Gasteiger partial charge is 0.250 e. The van der Waals surface area contributed by atoms with Crippen LogP contribution in [0.1, 0.15) is 13.8 Å². The molecule has 1 aromatic rings. The van der Waals surface area contributed by atoms with Crippen molar-refractivity contribution in [2.24, 2.45) is 5.92 Å². The number of rotatable bonds is 3. The molecular formula is C14H18N2O3. The molecule has 1 aliphatic rings. The largest absolute Gasteiger partial charge is 0.497 e. The molecule has 2 rings (SSSR count). The zero-order valence-electron chi connectivity index (χ0n) is 11.3. The van der Waals surface area contributed by atoms with E-state index < -0.39 is 6.04 Å². The zero-order valence-corrected chi connectivity index (χ0v) is 11.3. The molecule has 5 nitrogen and oxygen atoms in total. The number of ether oxygens (including phenoxy) is 1. The molecule has 0 aromatic heterocycles. The Morgan fingerprint density at radius 1 is 1.37 bits per heavy atom. The first-order chi connectivity index (χ1) is 9.02. The molecule has 1 atom stereocenters. The molecule has 0 radical (unpaired) electrons. The second-order valence-electron chi connectivity index (χ2n) is 4.92. The van der Waals surface area contributed by atoms with Crippen molar-refractivity contribution in [1.82, 2.24) is 5.32 Å². The lowest BCUT2D eigenvalue weighted by Crippen LogP contribution is -2.60. The van der Waals surface area contributed by atoms with Gasteiger partial charge in [0, 0.05) is 11.8 Å². The van der Waals surface area contributed by atoms with Gasteiger partial charge in [-0.2, -0.15) is 0 Å². The number of benzene rings is 1. The van der Waals surface area contributed by atoms with Crippen molar-refractivity contribution in [3.63, 3.8) is 0 Å². The van der Waals surface area contributed by atoms with Crippen molar-refractivity contribution >= 4 is 17.5 Å². The number of carbonyl (C=O) groups excluding carboxylic acids is 2. The van der Waals surface area contributed by atoms with Crippen LogP contribution in [-0.2, 0) is 9.59 Å². The lowest BCUT2D eigenvalue weighted by atomic mass is 10.0. The second-order valence-corrected chi connectivity index (χ2v) is 4.92. The van der Waals surface area contributed by atoms with Gasteiger partial charge in [-0.25, -0.2) is 0 Å². The van der Waals surface area contributed by atoms with Crippen molar-refractivity contribution in [2.75, 3.05) is 18.6 Å². The molecule has 1 N–H and O–H groups in total. The standard InChI is InChI=1S/C14H18N2O3/c1-9(2)13-14(18)16(8-12(17)15-13)10-5-4-6-11(7-10)19-3/h4-7,9,13H,8H2,1-3H3,(H,15,17). The highest BCUT2D eigenvalue weighted by Crippen LogP contribution is 2.24. The van der Waals surface area contributed by atoms with Gasteiger partial charge in [-0.1, -0.05) is 19.9 Å². The molecule has 2 amide bonds. The Balaban J connectivity index is 2.31. The van der Waals surface area contributed by atoms with E-state index >= 15 is 0 Å². The fourth-order valence-corrected chi connectivity index (χ4v) is 2.12. The minimum atomic E-state index is -0.465. The predicted molar refractivity (Wildman–Crippen MR) is 72.1 cm³/mol. The van der Waals surface area contributed by atoms with Crippen LogP contribution in [0.4, 0.5) is 5.69 Å². The highest BCUT2D eigenvalue weighted by molar-refractivity contribution is 6.06. The number of piperazine rings is 1. The number of nitrogens with one attached hydrogen (secondary N) is 1. The molecule has 1 aliphatic heterocycles. The summed E-state index contributed by atoms with van der Waals surface area (Å²) in [5, 5.41) is 2.73. The first-order valence-corrected chi connectivity index (χ1v) is 6.27. The Labute approximate surface area is 112 Å². The van der Waals surface area contributed by atoms with Gasteiger partial charge in [0.05, 0.1) is 7.11 Å². The third-order valence-electron chi connectivity index (χ3n) is 3.18. The molecule has 0 saturated carbocycles. The highest BCUT2D eigenvalue weighted by atomic mass is 16.5. The molecular weight excluding hydrogens is 244 g/mol. The summed E-state index contributed by atoms with van der Waals surface area (Å²) in [7, 11) is 1.57. The van der Waals surface area contributed by atoms with E-state index in [-0.39, 0.29) is 24.3 Å². The third-order valence-corrected chi connectivity index (χ3v) is 3.18. The normalized spacial score (nSPS) is 19.6. The van der Waals surface area contributed by atoms with Crippen LogP contribution in [-0.4, -0.2) is 31.5 Å². The van der Waals surface area contributed by atoms with E-state index in [2.05, 4.69) is 5.32 Å². The van der Waals surface area contributed by atoms with E-state index in [9.17, 15) is 9.59 Å². The molecule has 1 aromatic carbocycles. The van der Waals surface area contributed by atoms with Gasteiger partial charge < -0.3 is 15.0 Å². The fraction of sp³-hybridized carbons (Fsp3) is 0.429. The summed E-state index contributed by atoms with van der Waals surface area (Å²) in [4.78, 5) is 25.6. The molecule has 0 spiro atoms. The van der Waals surface area contributed by atoms with E-state index in [4.69, 9.17) is 4.74 Å². The SMILES string of the molecule is COc1cccc(N2CC(=O)NC(C(C)C)C2=O)c1. The summed E-state index contributed by atoms with van der Waals surface area (Å²) in [6.45, 7) is 3.88. The average molecular weight is 262 g/mol. The van der Waals surface area contributed by atoms with Crippen LogP contribution in [0.25, 0.3) is 0 Å². The van der Waals surface area contributed by atoms with Crippen LogP contribution in [0.2, 0.25) is 0 Å². The predicted octanol–water partition coefficient (Wildman–Crippen LogP) is 1.18. The van der Waals surface area contributed by atoms with Crippen molar-refractivity contribution in [1.29, 1.82) is 0 Å². The number of carbonyl (C=O) groups is 2. The summed E-state index contributed by atoms with van der Waals surface area (Å²) < 4.78 is 5.14. The first kappa shape index (κ1) is 13.4. The van der Waals surface area contributed by atoms with Crippen LogP contribution in [0.3, 0.4) is 0 Å². The maximum absolute atomic E-state index is 12.4. The molecule has 102 valence electrons. The number of anilines is 1. The minimum absolute atomic E-state index is 0.0508. The lowest BCUT2D eigenvalue weighted by molar-refractivity contribution is -0.132. The summed E-state index contributed by atoms with van der Waals surface area (Å²) in [6.07, 6.45) is 0. The highest BCUT2D eigenvalue weighted by Gasteiger charge is 2.35. The van der Waals surface area contributed by atoms with E-state index in [0.29, 0.717) is 11.4 Å². The molecule has 0 bridgehead atoms. The van der Waals surface area contributed by atoms with Crippen LogP contribution >= 0.6 is 0 Å².